The molecule has 7 heteroatoms. The third-order valence-electron chi connectivity index (χ3n) is 2.04. The second kappa shape index (κ2) is 4.62. The van der Waals surface area contributed by atoms with Gasteiger partial charge in [0.05, 0.1) is 5.56 Å². The molecule has 1 amide bonds. The lowest BCUT2D eigenvalue weighted by Crippen LogP contribution is -2.13. The van der Waals surface area contributed by atoms with Crippen molar-refractivity contribution in [2.24, 2.45) is 5.84 Å². The van der Waals surface area contributed by atoms with Gasteiger partial charge in [0.25, 0.3) is 5.91 Å². The fourth-order valence-electron chi connectivity index (χ4n) is 1.23. The minimum Gasteiger partial charge on any atom is -0.360 e. The van der Waals surface area contributed by atoms with Crippen molar-refractivity contribution in [2.75, 3.05) is 10.7 Å². The number of aromatic nitrogens is 2. The zero-order valence-corrected chi connectivity index (χ0v) is 9.10. The lowest BCUT2D eigenvalue weighted by atomic mass is 10.2. The summed E-state index contributed by atoms with van der Waals surface area (Å²) in [6, 6.07) is 4.83. The van der Waals surface area contributed by atoms with Crippen LogP contribution in [-0.2, 0) is 0 Å². The van der Waals surface area contributed by atoms with Gasteiger partial charge in [-0.25, -0.2) is 10.8 Å². The van der Waals surface area contributed by atoms with Crippen molar-refractivity contribution in [3.63, 3.8) is 0 Å². The molecule has 0 fully saturated rings. The molecule has 0 aromatic carbocycles. The average Bonchev–Trinajstić information content (AvgIpc) is 2.75. The number of hydrogen-bond acceptors (Lipinski definition) is 6. The monoisotopic (exact) mass is 233 g/mol. The fourth-order valence-corrected chi connectivity index (χ4v) is 1.23. The number of nitrogens with two attached hydrogens (primary N) is 1. The van der Waals surface area contributed by atoms with Gasteiger partial charge in [-0.05, 0) is 19.1 Å². The highest BCUT2D eigenvalue weighted by Crippen LogP contribution is 2.10. The van der Waals surface area contributed by atoms with E-state index in [1.807, 2.05) is 0 Å². The molecule has 0 aliphatic heterocycles. The van der Waals surface area contributed by atoms with Gasteiger partial charge in [-0.1, -0.05) is 5.16 Å². The van der Waals surface area contributed by atoms with Gasteiger partial charge in [-0.2, -0.15) is 0 Å². The predicted molar refractivity (Wildman–Crippen MR) is 61.2 cm³/mol. The second-order valence-corrected chi connectivity index (χ2v) is 3.35. The molecule has 88 valence electrons. The van der Waals surface area contributed by atoms with E-state index in [0.717, 1.165) is 0 Å². The molecule has 2 aromatic rings. The molecule has 2 aromatic heterocycles. The van der Waals surface area contributed by atoms with Gasteiger partial charge in [-0.15, -0.1) is 0 Å². The first kappa shape index (κ1) is 11.1. The first-order chi connectivity index (χ1) is 8.19. The number of nitrogen functional groups attached to an aromatic ring is 1. The van der Waals surface area contributed by atoms with Crippen molar-refractivity contribution in [3.05, 3.63) is 35.7 Å². The number of hydrogen-bond donors (Lipinski definition) is 3. The highest BCUT2D eigenvalue weighted by Gasteiger charge is 2.09. The molecule has 2 heterocycles. The highest BCUT2D eigenvalue weighted by molar-refractivity contribution is 6.03. The average molecular weight is 233 g/mol. The zero-order valence-electron chi connectivity index (χ0n) is 9.10. The zero-order chi connectivity index (χ0) is 12.3. The van der Waals surface area contributed by atoms with E-state index in [1.165, 1.54) is 6.20 Å². The quantitative estimate of drug-likeness (QED) is 0.537. The number of nitrogens with zero attached hydrogens (tertiary/aromatic N) is 2. The molecule has 0 aliphatic rings. The van der Waals surface area contributed by atoms with Crippen LogP contribution in [0.15, 0.2) is 28.9 Å². The summed E-state index contributed by atoms with van der Waals surface area (Å²) < 4.78 is 4.83. The Hall–Kier alpha value is -2.41. The van der Waals surface area contributed by atoms with Crippen molar-refractivity contribution in [1.29, 1.82) is 0 Å². The van der Waals surface area contributed by atoms with Crippen LogP contribution < -0.4 is 16.6 Å². The van der Waals surface area contributed by atoms with E-state index in [4.69, 9.17) is 10.4 Å². The highest BCUT2D eigenvalue weighted by atomic mass is 16.5. The Morgan fingerprint density at radius 2 is 2.24 bits per heavy atom. The number of nitrogens with one attached hydrogen (secondary N) is 2. The van der Waals surface area contributed by atoms with E-state index in [2.05, 4.69) is 20.9 Å². The summed E-state index contributed by atoms with van der Waals surface area (Å²) in [6.07, 6.45) is 1.41. The summed E-state index contributed by atoms with van der Waals surface area (Å²) >= 11 is 0. The fraction of sp³-hybridized carbons (Fsp3) is 0.100. The normalized spacial score (nSPS) is 10.0. The van der Waals surface area contributed by atoms with Crippen molar-refractivity contribution < 1.29 is 9.32 Å². The summed E-state index contributed by atoms with van der Waals surface area (Å²) in [5, 5.41) is 6.24. The molecular formula is C10H11N5O2. The smallest absolute Gasteiger partial charge is 0.258 e. The van der Waals surface area contributed by atoms with Gasteiger partial charge in [0.2, 0.25) is 0 Å². The van der Waals surface area contributed by atoms with Crippen molar-refractivity contribution in [1.82, 2.24) is 10.1 Å². The third kappa shape index (κ3) is 2.58. The molecule has 0 bridgehead atoms. The van der Waals surface area contributed by atoms with E-state index in [1.54, 1.807) is 25.1 Å². The lowest BCUT2D eigenvalue weighted by molar-refractivity contribution is 0.102. The van der Waals surface area contributed by atoms with Gasteiger partial charge >= 0.3 is 0 Å². The van der Waals surface area contributed by atoms with Crippen LogP contribution in [0.5, 0.6) is 0 Å². The first-order valence-electron chi connectivity index (χ1n) is 4.86. The van der Waals surface area contributed by atoms with Gasteiger partial charge in [-0.3, -0.25) is 4.79 Å². The van der Waals surface area contributed by atoms with E-state index in [0.29, 0.717) is 23.0 Å². The van der Waals surface area contributed by atoms with Crippen LogP contribution in [0.25, 0.3) is 0 Å². The largest absolute Gasteiger partial charge is 0.360 e. The third-order valence-corrected chi connectivity index (χ3v) is 2.04. The Morgan fingerprint density at radius 1 is 1.41 bits per heavy atom. The maximum absolute atomic E-state index is 11.7. The number of pyridine rings is 1. The molecule has 0 unspecified atom stereocenters. The number of carbonyl (C=O) groups is 1. The van der Waals surface area contributed by atoms with Crippen molar-refractivity contribution in [3.8, 4) is 0 Å². The van der Waals surface area contributed by atoms with Crippen LogP contribution in [0.2, 0.25) is 0 Å². The number of amides is 1. The van der Waals surface area contributed by atoms with Crippen LogP contribution in [0.3, 0.4) is 0 Å². The maximum atomic E-state index is 11.7. The standard InChI is InChI=1S/C10H11N5O2/c1-6-4-9(15-17-6)13-10(16)7-2-3-8(14-11)12-5-7/h2-5H,11H2,1H3,(H,12,14)(H,13,15,16). The van der Waals surface area contributed by atoms with Gasteiger partial charge in [0.1, 0.15) is 11.6 Å². The summed E-state index contributed by atoms with van der Waals surface area (Å²) in [7, 11) is 0. The molecule has 0 atom stereocenters. The molecule has 0 saturated heterocycles. The Morgan fingerprint density at radius 3 is 2.76 bits per heavy atom. The van der Waals surface area contributed by atoms with Crippen LogP contribution >= 0.6 is 0 Å². The van der Waals surface area contributed by atoms with E-state index in [-0.39, 0.29) is 5.91 Å². The van der Waals surface area contributed by atoms with E-state index in [9.17, 15) is 4.79 Å². The summed E-state index contributed by atoms with van der Waals surface area (Å²) in [5.41, 5.74) is 2.78. The number of aryl methyl sites for hydroxylation is 1. The molecule has 0 radical (unpaired) electrons. The Bertz CT molecular complexity index is 520. The molecule has 0 aliphatic carbocycles. The summed E-state index contributed by atoms with van der Waals surface area (Å²) in [5.74, 6) is 6.34. The maximum Gasteiger partial charge on any atom is 0.258 e. The Kier molecular flexibility index (Phi) is 3.01. The van der Waals surface area contributed by atoms with Crippen molar-refractivity contribution in [2.45, 2.75) is 6.92 Å². The number of anilines is 2. The Labute approximate surface area is 97.0 Å². The minimum atomic E-state index is -0.311. The number of carbonyl (C=O) groups excluding carboxylic acids is 1. The van der Waals surface area contributed by atoms with Gasteiger partial charge in [0.15, 0.2) is 5.82 Å². The van der Waals surface area contributed by atoms with Crippen LogP contribution in [-0.4, -0.2) is 16.0 Å². The Balaban J connectivity index is 2.09. The molecule has 0 saturated carbocycles. The van der Waals surface area contributed by atoms with Gasteiger partial charge < -0.3 is 15.3 Å². The number of rotatable bonds is 3. The molecule has 7 nitrogen and oxygen atoms in total. The lowest BCUT2D eigenvalue weighted by Gasteiger charge is -2.02. The second-order valence-electron chi connectivity index (χ2n) is 3.35. The van der Waals surface area contributed by atoms with Crippen LogP contribution in [0.1, 0.15) is 16.1 Å². The first-order valence-corrected chi connectivity index (χ1v) is 4.86. The molecule has 4 N–H and O–H groups in total. The van der Waals surface area contributed by atoms with Crippen LogP contribution in [0, 0.1) is 6.92 Å². The summed E-state index contributed by atoms with van der Waals surface area (Å²) in [4.78, 5) is 15.7. The number of hydrazine groups is 1. The topological polar surface area (TPSA) is 106 Å². The predicted octanol–water partition coefficient (Wildman–Crippen LogP) is 0.916. The van der Waals surface area contributed by atoms with E-state index < -0.39 is 0 Å². The summed E-state index contributed by atoms with van der Waals surface area (Å²) in [6.45, 7) is 1.74. The SMILES string of the molecule is Cc1cc(NC(=O)c2ccc(NN)nc2)no1. The van der Waals surface area contributed by atoms with E-state index >= 15 is 0 Å². The van der Waals surface area contributed by atoms with Crippen molar-refractivity contribution >= 4 is 17.5 Å². The molecule has 0 spiro atoms. The van der Waals surface area contributed by atoms with Gasteiger partial charge in [0, 0.05) is 12.3 Å². The molecule has 17 heavy (non-hydrogen) atoms. The molecular weight excluding hydrogens is 222 g/mol. The minimum absolute atomic E-state index is 0.311. The van der Waals surface area contributed by atoms with Crippen LogP contribution in [0.4, 0.5) is 11.6 Å². The molecule has 2 rings (SSSR count).